The van der Waals surface area contributed by atoms with Gasteiger partial charge in [-0.05, 0) is 71.8 Å². The number of para-hydroxylation sites is 1. The number of amides is 2. The summed E-state index contributed by atoms with van der Waals surface area (Å²) >= 11 is 0. The standard InChI is InChI=1S/C37H34FN3O5S/c1-39-37(43)35(25-28-11-5-2-6-12-28)40(26-29-17-19-30(38)20-18-29)36(42)27-41(47(44,45)34-15-9-4-10-16-34)31-21-23-33(24-22-31)46-32-13-7-3-8-14-32/h2-24,35H,25-27H2,1H3,(H,39,43). The van der Waals surface area contributed by atoms with E-state index in [9.17, 15) is 22.4 Å². The molecule has 0 bridgehead atoms. The van der Waals surface area contributed by atoms with Crippen LogP contribution in [0.25, 0.3) is 0 Å². The molecular weight excluding hydrogens is 617 g/mol. The van der Waals surface area contributed by atoms with E-state index in [-0.39, 0.29) is 23.5 Å². The van der Waals surface area contributed by atoms with Gasteiger partial charge in [0.2, 0.25) is 11.8 Å². The van der Waals surface area contributed by atoms with Gasteiger partial charge in [0.25, 0.3) is 10.0 Å². The average molecular weight is 652 g/mol. The number of rotatable bonds is 13. The van der Waals surface area contributed by atoms with Crippen molar-refractivity contribution in [2.24, 2.45) is 0 Å². The zero-order valence-corrected chi connectivity index (χ0v) is 26.5. The Labute approximate surface area is 274 Å². The van der Waals surface area contributed by atoms with Crippen LogP contribution in [-0.2, 0) is 32.6 Å². The Balaban J connectivity index is 1.53. The van der Waals surface area contributed by atoms with Crippen LogP contribution in [-0.4, -0.2) is 44.8 Å². The molecule has 8 nitrogen and oxygen atoms in total. The molecule has 0 heterocycles. The lowest BCUT2D eigenvalue weighted by Gasteiger charge is -2.33. The van der Waals surface area contributed by atoms with Crippen LogP contribution in [0.4, 0.5) is 10.1 Å². The normalized spacial score (nSPS) is 11.7. The summed E-state index contributed by atoms with van der Waals surface area (Å²) in [5.74, 6) is -0.408. The minimum Gasteiger partial charge on any atom is -0.457 e. The van der Waals surface area contributed by atoms with Gasteiger partial charge in [-0.3, -0.25) is 13.9 Å². The largest absolute Gasteiger partial charge is 0.457 e. The van der Waals surface area contributed by atoms with Crippen LogP contribution < -0.4 is 14.4 Å². The van der Waals surface area contributed by atoms with Gasteiger partial charge >= 0.3 is 0 Å². The zero-order chi connectivity index (χ0) is 33.2. The number of carbonyl (C=O) groups is 2. The van der Waals surface area contributed by atoms with Crippen molar-refractivity contribution in [3.63, 3.8) is 0 Å². The van der Waals surface area contributed by atoms with Gasteiger partial charge in [0.05, 0.1) is 10.6 Å². The second kappa shape index (κ2) is 15.2. The Hall–Kier alpha value is -5.48. The van der Waals surface area contributed by atoms with E-state index in [0.717, 1.165) is 9.87 Å². The first-order valence-electron chi connectivity index (χ1n) is 14.9. The molecule has 0 aromatic heterocycles. The third-order valence-electron chi connectivity index (χ3n) is 7.50. The fraction of sp³-hybridized carbons (Fsp3) is 0.135. The van der Waals surface area contributed by atoms with E-state index in [1.165, 1.54) is 48.3 Å². The predicted molar refractivity (Wildman–Crippen MR) is 179 cm³/mol. The molecule has 0 aliphatic heterocycles. The van der Waals surface area contributed by atoms with Crippen molar-refractivity contribution < 1.29 is 27.1 Å². The van der Waals surface area contributed by atoms with Gasteiger partial charge in [-0.1, -0.05) is 78.9 Å². The lowest BCUT2D eigenvalue weighted by atomic mass is 10.0. The highest BCUT2D eigenvalue weighted by Crippen LogP contribution is 2.29. The molecule has 10 heteroatoms. The van der Waals surface area contributed by atoms with Gasteiger partial charge < -0.3 is 15.0 Å². The summed E-state index contributed by atoms with van der Waals surface area (Å²) in [5, 5.41) is 2.64. The molecule has 0 aliphatic carbocycles. The Morgan fingerprint density at radius 2 is 1.28 bits per heavy atom. The second-order valence-electron chi connectivity index (χ2n) is 10.7. The van der Waals surface area contributed by atoms with Crippen LogP contribution in [0.2, 0.25) is 0 Å². The Morgan fingerprint density at radius 1 is 0.723 bits per heavy atom. The summed E-state index contributed by atoms with van der Waals surface area (Å²) in [4.78, 5) is 29.1. The number of carbonyl (C=O) groups excluding carboxylic acids is 2. The minimum atomic E-state index is -4.25. The van der Waals surface area contributed by atoms with Gasteiger partial charge in [0.15, 0.2) is 0 Å². The molecule has 5 rings (SSSR count). The molecule has 0 radical (unpaired) electrons. The van der Waals surface area contributed by atoms with Gasteiger partial charge in [-0.15, -0.1) is 0 Å². The Morgan fingerprint density at radius 3 is 1.87 bits per heavy atom. The summed E-state index contributed by atoms with van der Waals surface area (Å²) in [6.07, 6.45) is 0.171. The van der Waals surface area contributed by atoms with Crippen molar-refractivity contribution in [2.45, 2.75) is 23.9 Å². The van der Waals surface area contributed by atoms with Crippen molar-refractivity contribution in [3.05, 3.63) is 156 Å². The number of anilines is 1. The lowest BCUT2D eigenvalue weighted by molar-refractivity contribution is -0.139. The third kappa shape index (κ3) is 8.42. The number of benzene rings is 5. The molecule has 0 spiro atoms. The summed E-state index contributed by atoms with van der Waals surface area (Å²) in [5.41, 5.74) is 1.60. The Kier molecular flexibility index (Phi) is 10.6. The summed E-state index contributed by atoms with van der Waals surface area (Å²) < 4.78 is 48.9. The highest BCUT2D eigenvalue weighted by molar-refractivity contribution is 7.92. The maximum atomic E-state index is 14.4. The van der Waals surface area contributed by atoms with Crippen LogP contribution in [0.15, 0.2) is 144 Å². The molecule has 0 saturated carbocycles. The van der Waals surface area contributed by atoms with Crippen molar-refractivity contribution >= 4 is 27.5 Å². The summed E-state index contributed by atoms with van der Waals surface area (Å²) in [6.45, 7) is -0.674. The van der Waals surface area contributed by atoms with E-state index in [1.54, 1.807) is 54.6 Å². The molecule has 5 aromatic rings. The molecule has 5 aromatic carbocycles. The number of nitrogens with one attached hydrogen (secondary N) is 1. The van der Waals surface area contributed by atoms with E-state index in [1.807, 2.05) is 48.5 Å². The SMILES string of the molecule is CNC(=O)C(Cc1ccccc1)N(Cc1ccc(F)cc1)C(=O)CN(c1ccc(Oc2ccccc2)cc1)S(=O)(=O)c1ccccc1. The van der Waals surface area contributed by atoms with E-state index in [2.05, 4.69) is 5.32 Å². The number of sulfonamides is 1. The lowest BCUT2D eigenvalue weighted by Crippen LogP contribution is -2.53. The molecule has 0 aliphatic rings. The fourth-order valence-corrected chi connectivity index (χ4v) is 6.50. The quantitative estimate of drug-likeness (QED) is 0.164. The molecular formula is C37H34FN3O5S. The van der Waals surface area contributed by atoms with Crippen LogP contribution in [0, 0.1) is 5.82 Å². The number of hydrogen-bond acceptors (Lipinski definition) is 5. The summed E-state index contributed by atoms with van der Waals surface area (Å²) in [7, 11) is -2.77. The van der Waals surface area contributed by atoms with E-state index >= 15 is 0 Å². The number of likely N-dealkylation sites (N-methyl/N-ethyl adjacent to an activating group) is 1. The van der Waals surface area contributed by atoms with Crippen molar-refractivity contribution in [3.8, 4) is 11.5 Å². The molecule has 240 valence electrons. The summed E-state index contributed by atoms with van der Waals surface area (Å²) in [6, 6.07) is 37.2. The highest BCUT2D eigenvalue weighted by atomic mass is 32.2. The van der Waals surface area contributed by atoms with Crippen LogP contribution in [0.5, 0.6) is 11.5 Å². The molecule has 2 amide bonds. The first-order valence-corrected chi connectivity index (χ1v) is 16.4. The first kappa shape index (κ1) is 32.9. The van der Waals surface area contributed by atoms with Crippen LogP contribution in [0.3, 0.4) is 0 Å². The van der Waals surface area contributed by atoms with Gasteiger partial charge in [-0.25, -0.2) is 12.8 Å². The number of nitrogens with zero attached hydrogens (tertiary/aromatic N) is 2. The van der Waals surface area contributed by atoms with Crippen LogP contribution >= 0.6 is 0 Å². The minimum absolute atomic E-state index is 0.00497. The molecule has 0 fully saturated rings. The zero-order valence-electron chi connectivity index (χ0n) is 25.7. The molecule has 1 N–H and O–H groups in total. The fourth-order valence-electron chi connectivity index (χ4n) is 5.06. The first-order chi connectivity index (χ1) is 22.7. The molecule has 0 saturated heterocycles. The third-order valence-corrected chi connectivity index (χ3v) is 9.29. The van der Waals surface area contributed by atoms with Gasteiger partial charge in [-0.2, -0.15) is 0 Å². The smallest absolute Gasteiger partial charge is 0.264 e. The van der Waals surface area contributed by atoms with Crippen molar-refractivity contribution in [1.82, 2.24) is 10.2 Å². The topological polar surface area (TPSA) is 96.0 Å². The van der Waals surface area contributed by atoms with E-state index < -0.39 is 40.2 Å². The average Bonchev–Trinajstić information content (AvgIpc) is 3.10. The molecule has 47 heavy (non-hydrogen) atoms. The molecule has 1 unspecified atom stereocenters. The maximum Gasteiger partial charge on any atom is 0.264 e. The van der Waals surface area contributed by atoms with Crippen molar-refractivity contribution in [2.75, 3.05) is 17.9 Å². The number of hydrogen-bond donors (Lipinski definition) is 1. The van der Waals surface area contributed by atoms with Gasteiger partial charge in [0.1, 0.15) is 29.9 Å². The highest BCUT2D eigenvalue weighted by Gasteiger charge is 2.34. The maximum absolute atomic E-state index is 14.4. The number of ether oxygens (including phenoxy) is 1. The van der Waals surface area contributed by atoms with Gasteiger partial charge in [0, 0.05) is 20.0 Å². The Bertz CT molecular complexity index is 1870. The number of halogens is 1. The monoisotopic (exact) mass is 651 g/mol. The molecule has 1 atom stereocenters. The van der Waals surface area contributed by atoms with Crippen molar-refractivity contribution in [1.29, 1.82) is 0 Å². The predicted octanol–water partition coefficient (Wildman–Crippen LogP) is 6.20. The van der Waals surface area contributed by atoms with E-state index in [4.69, 9.17) is 4.74 Å². The van der Waals surface area contributed by atoms with E-state index in [0.29, 0.717) is 17.1 Å². The van der Waals surface area contributed by atoms with Crippen LogP contribution in [0.1, 0.15) is 11.1 Å². The second-order valence-corrected chi connectivity index (χ2v) is 12.6.